The predicted molar refractivity (Wildman–Crippen MR) is 91.6 cm³/mol. The SMILES string of the molecule is O=C(NCc1ccccc1)c1cccc(C(=O)N2CCCCC2)n1. The smallest absolute Gasteiger partial charge is 0.272 e. The van der Waals surface area contributed by atoms with Gasteiger partial charge < -0.3 is 10.2 Å². The molecule has 1 aliphatic heterocycles. The summed E-state index contributed by atoms with van der Waals surface area (Å²) < 4.78 is 0. The van der Waals surface area contributed by atoms with Gasteiger partial charge in [0.05, 0.1) is 0 Å². The van der Waals surface area contributed by atoms with E-state index < -0.39 is 0 Å². The molecule has 0 unspecified atom stereocenters. The van der Waals surface area contributed by atoms with Gasteiger partial charge in [0.2, 0.25) is 0 Å². The molecule has 124 valence electrons. The number of carbonyl (C=O) groups is 2. The lowest BCUT2D eigenvalue weighted by atomic mass is 10.1. The zero-order valence-corrected chi connectivity index (χ0v) is 13.6. The van der Waals surface area contributed by atoms with Crippen molar-refractivity contribution in [1.82, 2.24) is 15.2 Å². The fourth-order valence-corrected chi connectivity index (χ4v) is 2.81. The van der Waals surface area contributed by atoms with E-state index >= 15 is 0 Å². The number of rotatable bonds is 4. The van der Waals surface area contributed by atoms with Crippen molar-refractivity contribution in [3.63, 3.8) is 0 Å². The zero-order chi connectivity index (χ0) is 16.8. The maximum atomic E-state index is 12.5. The first-order valence-corrected chi connectivity index (χ1v) is 8.32. The van der Waals surface area contributed by atoms with Crippen LogP contribution in [0.3, 0.4) is 0 Å². The lowest BCUT2D eigenvalue weighted by Gasteiger charge is -2.26. The highest BCUT2D eigenvalue weighted by Crippen LogP contribution is 2.12. The summed E-state index contributed by atoms with van der Waals surface area (Å²) in [5.41, 5.74) is 1.63. The van der Waals surface area contributed by atoms with Crippen LogP contribution in [0.1, 0.15) is 45.8 Å². The average molecular weight is 323 g/mol. The Balaban J connectivity index is 1.65. The number of likely N-dealkylation sites (tertiary alicyclic amines) is 1. The van der Waals surface area contributed by atoms with Crippen molar-refractivity contribution in [2.75, 3.05) is 13.1 Å². The molecule has 1 aromatic heterocycles. The Morgan fingerprint density at radius 2 is 1.62 bits per heavy atom. The summed E-state index contributed by atoms with van der Waals surface area (Å²) in [4.78, 5) is 30.8. The van der Waals surface area contributed by atoms with Crippen LogP contribution in [-0.2, 0) is 6.54 Å². The Bertz CT molecular complexity index is 710. The number of hydrogen-bond donors (Lipinski definition) is 1. The molecule has 0 saturated carbocycles. The number of nitrogens with zero attached hydrogens (tertiary/aromatic N) is 2. The topological polar surface area (TPSA) is 62.3 Å². The minimum atomic E-state index is -0.271. The second-order valence-electron chi connectivity index (χ2n) is 5.93. The number of carbonyl (C=O) groups excluding carboxylic acids is 2. The number of amides is 2. The van der Waals surface area contributed by atoms with Gasteiger partial charge in [0.15, 0.2) is 0 Å². The van der Waals surface area contributed by atoms with E-state index in [0.717, 1.165) is 31.5 Å². The number of pyridine rings is 1. The number of aromatic nitrogens is 1. The normalized spacial score (nSPS) is 14.2. The minimum absolute atomic E-state index is 0.0904. The fourth-order valence-electron chi connectivity index (χ4n) is 2.81. The van der Waals surface area contributed by atoms with E-state index in [1.165, 1.54) is 6.42 Å². The van der Waals surface area contributed by atoms with Crippen LogP contribution in [0.4, 0.5) is 0 Å². The molecule has 2 heterocycles. The van der Waals surface area contributed by atoms with Crippen LogP contribution >= 0.6 is 0 Å². The van der Waals surface area contributed by atoms with Crippen LogP contribution in [0.5, 0.6) is 0 Å². The molecule has 0 bridgehead atoms. The van der Waals surface area contributed by atoms with E-state index in [1.807, 2.05) is 35.2 Å². The van der Waals surface area contributed by atoms with Crippen LogP contribution in [0.2, 0.25) is 0 Å². The van der Waals surface area contributed by atoms with Crippen molar-refractivity contribution in [2.45, 2.75) is 25.8 Å². The molecule has 1 N–H and O–H groups in total. The lowest BCUT2D eigenvalue weighted by Crippen LogP contribution is -2.36. The number of benzene rings is 1. The number of hydrogen-bond acceptors (Lipinski definition) is 3. The highest BCUT2D eigenvalue weighted by molar-refractivity contribution is 5.96. The van der Waals surface area contributed by atoms with Crippen LogP contribution in [0, 0.1) is 0 Å². The molecule has 5 nitrogen and oxygen atoms in total. The highest BCUT2D eigenvalue weighted by Gasteiger charge is 2.20. The summed E-state index contributed by atoms with van der Waals surface area (Å²) in [5.74, 6) is -0.362. The Morgan fingerprint density at radius 3 is 2.38 bits per heavy atom. The molecule has 1 saturated heterocycles. The molecule has 0 spiro atoms. The quantitative estimate of drug-likeness (QED) is 0.941. The number of nitrogens with one attached hydrogen (secondary N) is 1. The van der Waals surface area contributed by atoms with E-state index in [-0.39, 0.29) is 17.5 Å². The molecule has 0 radical (unpaired) electrons. The summed E-state index contributed by atoms with van der Waals surface area (Å²) in [6.45, 7) is 1.97. The van der Waals surface area contributed by atoms with E-state index in [4.69, 9.17) is 0 Å². The summed E-state index contributed by atoms with van der Waals surface area (Å²) in [6, 6.07) is 14.7. The monoisotopic (exact) mass is 323 g/mol. The fraction of sp³-hybridized carbons (Fsp3) is 0.316. The first kappa shape index (κ1) is 16.2. The zero-order valence-electron chi connectivity index (χ0n) is 13.6. The lowest BCUT2D eigenvalue weighted by molar-refractivity contribution is 0.0718. The number of piperidine rings is 1. The molecular formula is C19H21N3O2. The van der Waals surface area contributed by atoms with Gasteiger partial charge in [-0.2, -0.15) is 0 Å². The van der Waals surface area contributed by atoms with Gasteiger partial charge in [-0.3, -0.25) is 9.59 Å². The molecule has 1 aromatic carbocycles. The first-order chi connectivity index (χ1) is 11.7. The molecule has 0 aliphatic carbocycles. The molecular weight excluding hydrogens is 302 g/mol. The van der Waals surface area contributed by atoms with Crippen LogP contribution in [0.15, 0.2) is 48.5 Å². The van der Waals surface area contributed by atoms with Crippen molar-refractivity contribution in [3.8, 4) is 0 Å². The molecule has 1 fully saturated rings. The van der Waals surface area contributed by atoms with Crippen LogP contribution < -0.4 is 5.32 Å². The van der Waals surface area contributed by atoms with Gasteiger partial charge in [-0.15, -0.1) is 0 Å². The molecule has 0 atom stereocenters. The second-order valence-corrected chi connectivity index (χ2v) is 5.93. The van der Waals surface area contributed by atoms with Gasteiger partial charge in [-0.05, 0) is 37.0 Å². The van der Waals surface area contributed by atoms with E-state index in [0.29, 0.717) is 12.2 Å². The van der Waals surface area contributed by atoms with Gasteiger partial charge in [-0.25, -0.2) is 4.98 Å². The van der Waals surface area contributed by atoms with Crippen molar-refractivity contribution in [3.05, 3.63) is 65.5 Å². The predicted octanol–water partition coefficient (Wildman–Crippen LogP) is 2.64. The molecule has 2 aromatic rings. The maximum Gasteiger partial charge on any atom is 0.272 e. The third-order valence-electron chi connectivity index (χ3n) is 4.14. The Labute approximate surface area is 141 Å². The van der Waals surface area contributed by atoms with Crippen molar-refractivity contribution in [1.29, 1.82) is 0 Å². The summed E-state index contributed by atoms with van der Waals surface area (Å²) in [7, 11) is 0. The first-order valence-electron chi connectivity index (χ1n) is 8.32. The minimum Gasteiger partial charge on any atom is -0.347 e. The third kappa shape index (κ3) is 3.98. The molecule has 24 heavy (non-hydrogen) atoms. The van der Waals surface area contributed by atoms with Gasteiger partial charge in [0, 0.05) is 19.6 Å². The van der Waals surface area contributed by atoms with E-state index in [1.54, 1.807) is 18.2 Å². The maximum absolute atomic E-state index is 12.5. The van der Waals surface area contributed by atoms with E-state index in [9.17, 15) is 9.59 Å². The van der Waals surface area contributed by atoms with E-state index in [2.05, 4.69) is 10.3 Å². The van der Waals surface area contributed by atoms with Gasteiger partial charge in [0.1, 0.15) is 11.4 Å². The Hall–Kier alpha value is -2.69. The van der Waals surface area contributed by atoms with Gasteiger partial charge >= 0.3 is 0 Å². The summed E-state index contributed by atoms with van der Waals surface area (Å²) in [6.07, 6.45) is 3.23. The largest absolute Gasteiger partial charge is 0.347 e. The third-order valence-corrected chi connectivity index (χ3v) is 4.14. The standard InChI is InChI=1S/C19H21N3O2/c23-18(20-14-15-8-3-1-4-9-15)16-10-7-11-17(21-16)19(24)22-12-5-2-6-13-22/h1,3-4,7-11H,2,5-6,12-14H2,(H,20,23). The van der Waals surface area contributed by atoms with Gasteiger partial charge in [-0.1, -0.05) is 36.4 Å². The van der Waals surface area contributed by atoms with Crippen molar-refractivity contribution in [2.24, 2.45) is 0 Å². The molecule has 2 amide bonds. The molecule has 1 aliphatic rings. The molecule has 3 rings (SSSR count). The average Bonchev–Trinajstić information content (AvgIpc) is 2.67. The highest BCUT2D eigenvalue weighted by atomic mass is 16.2. The molecule has 5 heteroatoms. The van der Waals surface area contributed by atoms with Crippen molar-refractivity contribution < 1.29 is 9.59 Å². The van der Waals surface area contributed by atoms with Crippen molar-refractivity contribution >= 4 is 11.8 Å². The van der Waals surface area contributed by atoms with Gasteiger partial charge in [0.25, 0.3) is 11.8 Å². The second kappa shape index (κ2) is 7.73. The Kier molecular flexibility index (Phi) is 5.21. The van der Waals surface area contributed by atoms with Crippen LogP contribution in [-0.4, -0.2) is 34.8 Å². The summed E-state index contributed by atoms with van der Waals surface area (Å²) >= 11 is 0. The summed E-state index contributed by atoms with van der Waals surface area (Å²) in [5, 5.41) is 2.83. The van der Waals surface area contributed by atoms with Crippen LogP contribution in [0.25, 0.3) is 0 Å². The Morgan fingerprint density at radius 1 is 0.917 bits per heavy atom.